The lowest BCUT2D eigenvalue weighted by molar-refractivity contribution is 0.0527. The first-order chi connectivity index (χ1) is 9.91. The van der Waals surface area contributed by atoms with Crippen LogP contribution in [0.4, 0.5) is 11.5 Å². The van der Waals surface area contributed by atoms with Crippen molar-refractivity contribution in [1.29, 1.82) is 0 Å². The number of aromatic nitrogens is 1. The van der Waals surface area contributed by atoms with Crippen LogP contribution in [0.1, 0.15) is 23.7 Å². The van der Waals surface area contributed by atoms with Gasteiger partial charge in [0.15, 0.2) is 9.84 Å². The number of nitrogens with zero attached hydrogens (tertiary/aromatic N) is 1. The molecule has 0 saturated carbocycles. The van der Waals surface area contributed by atoms with Gasteiger partial charge in [0, 0.05) is 6.54 Å². The van der Waals surface area contributed by atoms with Crippen LogP contribution in [0.2, 0.25) is 0 Å². The Labute approximate surface area is 123 Å². The van der Waals surface area contributed by atoms with E-state index in [1.54, 1.807) is 6.92 Å². The molecule has 1 aromatic heterocycles. The van der Waals surface area contributed by atoms with E-state index >= 15 is 0 Å². The fraction of sp³-hybridized carbons (Fsp3) is 0.538. The summed E-state index contributed by atoms with van der Waals surface area (Å²) >= 11 is 0. The number of carbonyl (C=O) groups excluding carboxylic acids is 1. The molecule has 2 rings (SSSR count). The van der Waals surface area contributed by atoms with Gasteiger partial charge in [0.25, 0.3) is 0 Å². The van der Waals surface area contributed by atoms with Crippen LogP contribution >= 0.6 is 0 Å². The van der Waals surface area contributed by atoms with Gasteiger partial charge in [-0.2, -0.15) is 0 Å². The SMILES string of the molecule is CCOC(=O)c1cc(N)cnc1NCC1CCS(=O)(=O)C1. The molecule has 8 heteroatoms. The molecule has 116 valence electrons. The van der Waals surface area contributed by atoms with E-state index in [9.17, 15) is 13.2 Å². The predicted octanol–water partition coefficient (Wildman–Crippen LogP) is 0.687. The van der Waals surface area contributed by atoms with Crippen molar-refractivity contribution in [1.82, 2.24) is 4.98 Å². The summed E-state index contributed by atoms with van der Waals surface area (Å²) in [5.74, 6) is 0.290. The highest BCUT2D eigenvalue weighted by Gasteiger charge is 2.28. The van der Waals surface area contributed by atoms with E-state index in [2.05, 4.69) is 10.3 Å². The normalized spacial score (nSPS) is 20.1. The van der Waals surface area contributed by atoms with Crippen molar-refractivity contribution >= 4 is 27.3 Å². The minimum absolute atomic E-state index is 0.0319. The van der Waals surface area contributed by atoms with Gasteiger partial charge in [-0.25, -0.2) is 18.2 Å². The van der Waals surface area contributed by atoms with Crippen LogP contribution in [-0.4, -0.2) is 44.0 Å². The highest BCUT2D eigenvalue weighted by molar-refractivity contribution is 7.91. The number of sulfone groups is 1. The molecule has 1 aliphatic heterocycles. The van der Waals surface area contributed by atoms with Crippen molar-refractivity contribution in [3.8, 4) is 0 Å². The summed E-state index contributed by atoms with van der Waals surface area (Å²) in [4.78, 5) is 16.0. The van der Waals surface area contributed by atoms with Crippen molar-refractivity contribution in [2.24, 2.45) is 5.92 Å². The Morgan fingerprint density at radius 2 is 2.33 bits per heavy atom. The molecule has 1 saturated heterocycles. The van der Waals surface area contributed by atoms with Crippen LogP contribution in [0, 0.1) is 5.92 Å². The number of carbonyl (C=O) groups is 1. The molecule has 0 aliphatic carbocycles. The average Bonchev–Trinajstić information content (AvgIpc) is 2.77. The summed E-state index contributed by atoms with van der Waals surface area (Å²) in [6.45, 7) is 2.42. The Kier molecular flexibility index (Phi) is 4.66. The van der Waals surface area contributed by atoms with E-state index < -0.39 is 15.8 Å². The number of nitrogen functional groups attached to an aromatic ring is 1. The molecule has 2 heterocycles. The van der Waals surface area contributed by atoms with Gasteiger partial charge in [0.2, 0.25) is 0 Å². The van der Waals surface area contributed by atoms with Crippen molar-refractivity contribution in [3.05, 3.63) is 17.8 Å². The Hall–Kier alpha value is -1.83. The van der Waals surface area contributed by atoms with E-state index in [0.717, 1.165) is 0 Å². The molecule has 3 N–H and O–H groups in total. The van der Waals surface area contributed by atoms with Gasteiger partial charge in [-0.05, 0) is 25.3 Å². The van der Waals surface area contributed by atoms with Crippen LogP contribution in [0.5, 0.6) is 0 Å². The number of rotatable bonds is 5. The molecular weight excluding hydrogens is 294 g/mol. The second-order valence-corrected chi connectivity index (χ2v) is 7.26. The van der Waals surface area contributed by atoms with Crippen molar-refractivity contribution < 1.29 is 17.9 Å². The Balaban J connectivity index is 2.07. The van der Waals surface area contributed by atoms with Crippen molar-refractivity contribution in [3.63, 3.8) is 0 Å². The number of pyridine rings is 1. The quantitative estimate of drug-likeness (QED) is 0.769. The number of nitrogens with two attached hydrogens (primary N) is 1. The number of hydrogen-bond donors (Lipinski definition) is 2. The standard InChI is InChI=1S/C13H19N3O4S/c1-2-20-13(17)11-5-10(14)7-16-12(11)15-6-9-3-4-21(18,19)8-9/h5,7,9H,2-4,6,8,14H2,1H3,(H,15,16). The lowest BCUT2D eigenvalue weighted by atomic mass is 10.1. The first kappa shape index (κ1) is 15.6. The third-order valence-electron chi connectivity index (χ3n) is 3.29. The highest BCUT2D eigenvalue weighted by Crippen LogP contribution is 2.21. The van der Waals surface area contributed by atoms with Crippen molar-refractivity contribution in [2.75, 3.05) is 35.7 Å². The largest absolute Gasteiger partial charge is 0.462 e. The molecule has 7 nitrogen and oxygen atoms in total. The van der Waals surface area contributed by atoms with Gasteiger partial charge in [-0.1, -0.05) is 0 Å². The average molecular weight is 313 g/mol. The van der Waals surface area contributed by atoms with Gasteiger partial charge in [-0.3, -0.25) is 0 Å². The second-order valence-electron chi connectivity index (χ2n) is 5.04. The third-order valence-corrected chi connectivity index (χ3v) is 5.13. The Morgan fingerprint density at radius 3 is 2.95 bits per heavy atom. The lowest BCUT2D eigenvalue weighted by Gasteiger charge is -2.13. The number of esters is 1. The first-order valence-corrected chi connectivity index (χ1v) is 8.60. The Bertz CT molecular complexity index is 630. The first-order valence-electron chi connectivity index (χ1n) is 6.78. The number of ether oxygens (including phenoxy) is 1. The molecule has 0 aromatic carbocycles. The van der Waals surface area contributed by atoms with Crippen LogP contribution in [0.3, 0.4) is 0 Å². The fourth-order valence-electron chi connectivity index (χ4n) is 2.26. The maximum absolute atomic E-state index is 11.9. The summed E-state index contributed by atoms with van der Waals surface area (Å²) in [5.41, 5.74) is 6.27. The number of nitrogens with one attached hydrogen (secondary N) is 1. The number of anilines is 2. The van der Waals surface area contributed by atoms with Gasteiger partial charge in [-0.15, -0.1) is 0 Å². The van der Waals surface area contributed by atoms with Gasteiger partial charge in [0.05, 0.1) is 30.0 Å². The molecule has 0 spiro atoms. The van der Waals surface area contributed by atoms with Gasteiger partial charge < -0.3 is 15.8 Å². The maximum Gasteiger partial charge on any atom is 0.341 e. The summed E-state index contributed by atoms with van der Waals surface area (Å²) in [7, 11) is -2.91. The molecule has 21 heavy (non-hydrogen) atoms. The molecule has 1 atom stereocenters. The minimum atomic E-state index is -2.91. The Morgan fingerprint density at radius 1 is 1.57 bits per heavy atom. The van der Waals surface area contributed by atoms with Crippen LogP contribution < -0.4 is 11.1 Å². The van der Waals surface area contributed by atoms with E-state index in [1.807, 2.05) is 0 Å². The van der Waals surface area contributed by atoms with Gasteiger partial charge in [0.1, 0.15) is 11.4 Å². The minimum Gasteiger partial charge on any atom is -0.462 e. The lowest BCUT2D eigenvalue weighted by Crippen LogP contribution is -2.19. The van der Waals surface area contributed by atoms with Crippen LogP contribution in [-0.2, 0) is 14.6 Å². The topological polar surface area (TPSA) is 111 Å². The third kappa shape index (κ3) is 4.07. The maximum atomic E-state index is 11.9. The zero-order valence-electron chi connectivity index (χ0n) is 11.8. The fourth-order valence-corrected chi connectivity index (χ4v) is 4.12. The number of hydrogen-bond acceptors (Lipinski definition) is 7. The molecule has 1 unspecified atom stereocenters. The zero-order chi connectivity index (χ0) is 15.5. The molecule has 1 aromatic rings. The van der Waals surface area contributed by atoms with Crippen LogP contribution in [0.25, 0.3) is 0 Å². The summed E-state index contributed by atoms with van der Waals surface area (Å²) < 4.78 is 27.8. The van der Waals surface area contributed by atoms with Gasteiger partial charge >= 0.3 is 5.97 Å². The van der Waals surface area contributed by atoms with Crippen molar-refractivity contribution in [2.45, 2.75) is 13.3 Å². The summed E-state index contributed by atoms with van der Waals surface area (Å²) in [6, 6.07) is 1.50. The monoisotopic (exact) mass is 313 g/mol. The molecular formula is C13H19N3O4S. The summed E-state index contributed by atoms with van der Waals surface area (Å²) in [6.07, 6.45) is 2.06. The summed E-state index contributed by atoms with van der Waals surface area (Å²) in [5, 5.41) is 3.03. The smallest absolute Gasteiger partial charge is 0.341 e. The van der Waals surface area contributed by atoms with E-state index in [4.69, 9.17) is 10.5 Å². The molecule has 0 radical (unpaired) electrons. The van der Waals surface area contributed by atoms with E-state index in [0.29, 0.717) is 24.5 Å². The van der Waals surface area contributed by atoms with E-state index in [1.165, 1.54) is 12.3 Å². The van der Waals surface area contributed by atoms with Crippen LogP contribution in [0.15, 0.2) is 12.3 Å². The van der Waals surface area contributed by atoms with E-state index in [-0.39, 0.29) is 29.6 Å². The molecule has 1 aliphatic rings. The molecule has 1 fully saturated rings. The predicted molar refractivity (Wildman–Crippen MR) is 79.9 cm³/mol. The molecule has 0 bridgehead atoms. The molecule has 0 amide bonds. The zero-order valence-corrected chi connectivity index (χ0v) is 12.6. The highest BCUT2D eigenvalue weighted by atomic mass is 32.2. The second kappa shape index (κ2) is 6.30.